The molecular weight excluding hydrogens is 344 g/mol. The molecular formula is C26H22O2. The van der Waals surface area contributed by atoms with E-state index in [1.807, 2.05) is 31.2 Å². The first kappa shape index (κ1) is 18.0. The van der Waals surface area contributed by atoms with Gasteiger partial charge in [0, 0.05) is 11.3 Å². The zero-order valence-electron chi connectivity index (χ0n) is 15.8. The van der Waals surface area contributed by atoms with Crippen molar-refractivity contribution < 1.29 is 9.53 Å². The third-order valence-corrected chi connectivity index (χ3v) is 5.01. The van der Waals surface area contributed by atoms with Crippen LogP contribution in [0.3, 0.4) is 0 Å². The Morgan fingerprint density at radius 3 is 1.89 bits per heavy atom. The number of rotatable bonds is 5. The molecule has 0 spiro atoms. The molecule has 4 rings (SSSR count). The SMILES string of the molecule is CCOC(=O)c1cccc2cccc(C(c3ccccc3)c3ccccc3)c12. The summed E-state index contributed by atoms with van der Waals surface area (Å²) in [6.07, 6.45) is 0. The molecule has 0 aliphatic carbocycles. The summed E-state index contributed by atoms with van der Waals surface area (Å²) in [6, 6.07) is 32.9. The summed E-state index contributed by atoms with van der Waals surface area (Å²) in [4.78, 5) is 12.7. The first-order valence-electron chi connectivity index (χ1n) is 9.58. The molecule has 0 aromatic heterocycles. The average Bonchev–Trinajstić information content (AvgIpc) is 2.75. The van der Waals surface area contributed by atoms with Gasteiger partial charge in [-0.2, -0.15) is 0 Å². The molecule has 4 aromatic carbocycles. The van der Waals surface area contributed by atoms with Gasteiger partial charge in [0.15, 0.2) is 0 Å². The summed E-state index contributed by atoms with van der Waals surface area (Å²) in [6.45, 7) is 2.19. The molecule has 0 aliphatic heterocycles. The number of esters is 1. The van der Waals surface area contributed by atoms with Gasteiger partial charge in [-0.1, -0.05) is 91.0 Å². The van der Waals surface area contributed by atoms with Gasteiger partial charge >= 0.3 is 5.97 Å². The van der Waals surface area contributed by atoms with Crippen molar-refractivity contribution >= 4 is 16.7 Å². The summed E-state index contributed by atoms with van der Waals surface area (Å²) in [5, 5.41) is 2.00. The highest BCUT2D eigenvalue weighted by molar-refractivity contribution is 6.06. The van der Waals surface area contributed by atoms with E-state index >= 15 is 0 Å². The average molecular weight is 366 g/mol. The standard InChI is InChI=1S/C26H22O2/c1-2-28-26(27)23-18-10-16-21-15-9-17-22(25(21)23)24(19-11-5-3-6-12-19)20-13-7-4-8-14-20/h3-18,24H,2H2,1H3. The Morgan fingerprint density at radius 2 is 1.32 bits per heavy atom. The zero-order chi connectivity index (χ0) is 19.3. The quantitative estimate of drug-likeness (QED) is 0.311. The van der Waals surface area contributed by atoms with Gasteiger partial charge in [0.25, 0.3) is 0 Å². The van der Waals surface area contributed by atoms with E-state index in [2.05, 4.69) is 72.8 Å². The molecule has 2 heteroatoms. The molecule has 0 heterocycles. The van der Waals surface area contributed by atoms with Crippen LogP contribution in [0, 0.1) is 0 Å². The van der Waals surface area contributed by atoms with Crippen molar-refractivity contribution in [2.45, 2.75) is 12.8 Å². The third-order valence-electron chi connectivity index (χ3n) is 5.01. The monoisotopic (exact) mass is 366 g/mol. The lowest BCUT2D eigenvalue weighted by Crippen LogP contribution is -2.09. The van der Waals surface area contributed by atoms with E-state index in [0.29, 0.717) is 12.2 Å². The molecule has 0 aliphatic rings. The molecule has 0 radical (unpaired) electrons. The fourth-order valence-electron chi connectivity index (χ4n) is 3.83. The molecule has 2 nitrogen and oxygen atoms in total. The van der Waals surface area contributed by atoms with Crippen molar-refractivity contribution in [1.82, 2.24) is 0 Å². The first-order chi connectivity index (χ1) is 13.8. The summed E-state index contributed by atoms with van der Waals surface area (Å²) in [7, 11) is 0. The summed E-state index contributed by atoms with van der Waals surface area (Å²) < 4.78 is 5.34. The predicted octanol–water partition coefficient (Wildman–Crippen LogP) is 6.20. The maximum atomic E-state index is 12.7. The smallest absolute Gasteiger partial charge is 0.338 e. The van der Waals surface area contributed by atoms with Crippen LogP contribution in [-0.2, 0) is 4.74 Å². The largest absolute Gasteiger partial charge is 0.462 e. The number of fused-ring (bicyclic) bond motifs is 1. The van der Waals surface area contributed by atoms with Gasteiger partial charge in [-0.15, -0.1) is 0 Å². The topological polar surface area (TPSA) is 26.3 Å². The van der Waals surface area contributed by atoms with Gasteiger partial charge in [-0.25, -0.2) is 4.79 Å². The van der Waals surface area contributed by atoms with E-state index in [1.165, 1.54) is 11.1 Å². The summed E-state index contributed by atoms with van der Waals surface area (Å²) >= 11 is 0. The Balaban J connectivity index is 2.01. The Morgan fingerprint density at radius 1 is 0.750 bits per heavy atom. The second-order valence-electron chi connectivity index (χ2n) is 6.73. The fraction of sp³-hybridized carbons (Fsp3) is 0.115. The van der Waals surface area contributed by atoms with Crippen molar-refractivity contribution in [1.29, 1.82) is 0 Å². The predicted molar refractivity (Wildman–Crippen MR) is 114 cm³/mol. The van der Waals surface area contributed by atoms with Gasteiger partial charge < -0.3 is 4.74 Å². The van der Waals surface area contributed by atoms with Crippen LogP contribution in [0.15, 0.2) is 97.1 Å². The van der Waals surface area contributed by atoms with Crippen LogP contribution in [0.1, 0.15) is 39.9 Å². The Bertz CT molecular complexity index is 1040. The number of carbonyl (C=O) groups excluding carboxylic acids is 1. The van der Waals surface area contributed by atoms with E-state index in [0.717, 1.165) is 16.3 Å². The number of benzene rings is 4. The van der Waals surface area contributed by atoms with Gasteiger partial charge in [-0.3, -0.25) is 0 Å². The molecule has 0 bridgehead atoms. The maximum absolute atomic E-state index is 12.7. The molecule has 0 fully saturated rings. The van der Waals surface area contributed by atoms with E-state index in [9.17, 15) is 4.79 Å². The van der Waals surface area contributed by atoms with Gasteiger partial charge in [0.1, 0.15) is 0 Å². The molecule has 138 valence electrons. The molecule has 0 unspecified atom stereocenters. The highest BCUT2D eigenvalue weighted by atomic mass is 16.5. The number of ether oxygens (including phenoxy) is 1. The van der Waals surface area contributed by atoms with Crippen molar-refractivity contribution in [2.75, 3.05) is 6.61 Å². The van der Waals surface area contributed by atoms with E-state index < -0.39 is 0 Å². The van der Waals surface area contributed by atoms with Crippen LogP contribution in [0.2, 0.25) is 0 Å². The second kappa shape index (κ2) is 8.10. The van der Waals surface area contributed by atoms with Crippen LogP contribution in [-0.4, -0.2) is 12.6 Å². The Hall–Kier alpha value is -3.39. The molecule has 0 saturated carbocycles. The molecule has 0 atom stereocenters. The third kappa shape index (κ3) is 3.41. The van der Waals surface area contributed by atoms with E-state index in [-0.39, 0.29) is 11.9 Å². The van der Waals surface area contributed by atoms with E-state index in [4.69, 9.17) is 4.74 Å². The molecule has 0 saturated heterocycles. The lowest BCUT2D eigenvalue weighted by atomic mass is 9.82. The Labute approximate surface area is 165 Å². The minimum atomic E-state index is -0.277. The van der Waals surface area contributed by atoms with E-state index in [1.54, 1.807) is 0 Å². The summed E-state index contributed by atoms with van der Waals surface area (Å²) in [5.41, 5.74) is 4.12. The zero-order valence-corrected chi connectivity index (χ0v) is 15.8. The fourth-order valence-corrected chi connectivity index (χ4v) is 3.83. The molecule has 4 aromatic rings. The maximum Gasteiger partial charge on any atom is 0.338 e. The molecule has 0 amide bonds. The lowest BCUT2D eigenvalue weighted by molar-refractivity contribution is 0.0528. The van der Waals surface area contributed by atoms with Crippen LogP contribution in [0.5, 0.6) is 0 Å². The van der Waals surface area contributed by atoms with Crippen LogP contribution >= 0.6 is 0 Å². The number of hydrogen-bond acceptors (Lipinski definition) is 2. The Kier molecular flexibility index (Phi) is 5.20. The van der Waals surface area contributed by atoms with Crippen molar-refractivity contribution in [3.8, 4) is 0 Å². The van der Waals surface area contributed by atoms with Crippen LogP contribution < -0.4 is 0 Å². The summed E-state index contributed by atoms with van der Waals surface area (Å²) in [5.74, 6) is -0.248. The van der Waals surface area contributed by atoms with Crippen LogP contribution in [0.4, 0.5) is 0 Å². The highest BCUT2D eigenvalue weighted by Crippen LogP contribution is 2.37. The van der Waals surface area contributed by atoms with Crippen molar-refractivity contribution in [2.24, 2.45) is 0 Å². The number of carbonyl (C=O) groups is 1. The van der Waals surface area contributed by atoms with Crippen molar-refractivity contribution in [3.05, 3.63) is 119 Å². The van der Waals surface area contributed by atoms with Gasteiger partial charge in [-0.05, 0) is 35.1 Å². The first-order valence-corrected chi connectivity index (χ1v) is 9.58. The number of hydrogen-bond donors (Lipinski definition) is 0. The second-order valence-corrected chi connectivity index (χ2v) is 6.73. The van der Waals surface area contributed by atoms with Crippen molar-refractivity contribution in [3.63, 3.8) is 0 Å². The molecule has 0 N–H and O–H groups in total. The lowest BCUT2D eigenvalue weighted by Gasteiger charge is -2.22. The minimum absolute atomic E-state index is 0.0293. The molecule has 28 heavy (non-hydrogen) atoms. The van der Waals surface area contributed by atoms with Gasteiger partial charge in [0.05, 0.1) is 12.2 Å². The van der Waals surface area contributed by atoms with Gasteiger partial charge in [0.2, 0.25) is 0 Å². The minimum Gasteiger partial charge on any atom is -0.462 e. The normalized spacial score (nSPS) is 10.9. The highest BCUT2D eigenvalue weighted by Gasteiger charge is 2.22. The van der Waals surface area contributed by atoms with Crippen LogP contribution in [0.25, 0.3) is 10.8 Å².